The van der Waals surface area contributed by atoms with E-state index in [1.54, 1.807) is 0 Å². The third-order valence-corrected chi connectivity index (χ3v) is 6.12. The van der Waals surface area contributed by atoms with Gasteiger partial charge in [0.25, 0.3) is 0 Å². The number of amides is 2. The van der Waals surface area contributed by atoms with E-state index in [0.29, 0.717) is 19.4 Å². The molecule has 2 amide bonds. The first-order chi connectivity index (χ1) is 16.8. The molecular formula is C27H34N2O6. The van der Waals surface area contributed by atoms with Gasteiger partial charge in [-0.15, -0.1) is 0 Å². The smallest absolute Gasteiger partial charge is 0.407 e. The zero-order chi connectivity index (χ0) is 25.4. The van der Waals surface area contributed by atoms with E-state index in [1.807, 2.05) is 50.2 Å². The highest BCUT2D eigenvalue weighted by Crippen LogP contribution is 2.44. The molecule has 3 N–H and O–H groups in total. The number of carboxylic acids is 1. The lowest BCUT2D eigenvalue weighted by atomic mass is 9.98. The van der Waals surface area contributed by atoms with Gasteiger partial charge >= 0.3 is 12.1 Å². The fraction of sp³-hybridized carbons (Fsp3) is 0.444. The van der Waals surface area contributed by atoms with Gasteiger partial charge in [0.1, 0.15) is 18.7 Å². The maximum absolute atomic E-state index is 12.9. The summed E-state index contributed by atoms with van der Waals surface area (Å²) in [6.45, 7) is 4.37. The molecule has 1 aliphatic rings. The molecule has 0 aliphatic heterocycles. The van der Waals surface area contributed by atoms with Crippen molar-refractivity contribution in [2.45, 2.75) is 51.1 Å². The van der Waals surface area contributed by atoms with Crippen LogP contribution in [0.4, 0.5) is 4.79 Å². The van der Waals surface area contributed by atoms with Gasteiger partial charge in [0.2, 0.25) is 5.91 Å². The molecule has 1 unspecified atom stereocenters. The molecule has 1 aliphatic carbocycles. The highest BCUT2D eigenvalue weighted by atomic mass is 16.5. The van der Waals surface area contributed by atoms with Crippen LogP contribution >= 0.6 is 0 Å². The van der Waals surface area contributed by atoms with E-state index in [0.717, 1.165) is 22.3 Å². The van der Waals surface area contributed by atoms with Crippen LogP contribution in [-0.4, -0.2) is 55.5 Å². The second-order valence-electron chi connectivity index (χ2n) is 9.19. The van der Waals surface area contributed by atoms with Crippen molar-refractivity contribution in [3.63, 3.8) is 0 Å². The number of ether oxygens (including phenoxy) is 2. The number of methoxy groups -OCH3 is 1. The lowest BCUT2D eigenvalue weighted by Gasteiger charge is -2.23. The summed E-state index contributed by atoms with van der Waals surface area (Å²) in [4.78, 5) is 37.2. The Balaban J connectivity index is 1.64. The lowest BCUT2D eigenvalue weighted by molar-refractivity contribution is -0.142. The Labute approximate surface area is 206 Å². The predicted octanol–water partition coefficient (Wildman–Crippen LogP) is 3.94. The fourth-order valence-corrected chi connectivity index (χ4v) is 4.45. The summed E-state index contributed by atoms with van der Waals surface area (Å²) in [5.41, 5.74) is 4.45. The SMILES string of the molecule is COCCCC(NC(=O)[C@@H](CC(C)C)NC(=O)OCC1c2ccccc2-c2ccccc21)C(=O)O. The fourth-order valence-electron chi connectivity index (χ4n) is 4.45. The van der Waals surface area contributed by atoms with Crippen LogP contribution in [0.5, 0.6) is 0 Å². The Kier molecular flexibility index (Phi) is 9.25. The Morgan fingerprint density at radius 3 is 2.09 bits per heavy atom. The van der Waals surface area contributed by atoms with Gasteiger partial charge in [-0.25, -0.2) is 9.59 Å². The minimum absolute atomic E-state index is 0.0939. The number of fused-ring (bicyclic) bond motifs is 3. The number of rotatable bonds is 12. The molecule has 0 fully saturated rings. The lowest BCUT2D eigenvalue weighted by Crippen LogP contribution is -2.52. The molecule has 0 aromatic heterocycles. The van der Waals surface area contributed by atoms with Crippen LogP contribution in [0.15, 0.2) is 48.5 Å². The molecule has 2 aromatic carbocycles. The van der Waals surface area contributed by atoms with Crippen LogP contribution in [0.3, 0.4) is 0 Å². The van der Waals surface area contributed by atoms with Crippen molar-refractivity contribution in [2.75, 3.05) is 20.3 Å². The largest absolute Gasteiger partial charge is 0.480 e. The first-order valence-corrected chi connectivity index (χ1v) is 12.0. The van der Waals surface area contributed by atoms with Gasteiger partial charge < -0.3 is 25.2 Å². The first-order valence-electron chi connectivity index (χ1n) is 12.0. The average Bonchev–Trinajstić information content (AvgIpc) is 3.15. The van der Waals surface area contributed by atoms with Crippen molar-refractivity contribution >= 4 is 18.0 Å². The minimum Gasteiger partial charge on any atom is -0.480 e. The Bertz CT molecular complexity index is 992. The molecule has 188 valence electrons. The van der Waals surface area contributed by atoms with E-state index < -0.39 is 30.1 Å². The van der Waals surface area contributed by atoms with Crippen molar-refractivity contribution in [3.8, 4) is 11.1 Å². The summed E-state index contributed by atoms with van der Waals surface area (Å²) in [6, 6.07) is 14.1. The summed E-state index contributed by atoms with van der Waals surface area (Å²) in [5, 5.41) is 14.7. The summed E-state index contributed by atoms with van der Waals surface area (Å²) >= 11 is 0. The van der Waals surface area contributed by atoms with Gasteiger partial charge in [0.05, 0.1) is 0 Å². The van der Waals surface area contributed by atoms with E-state index in [4.69, 9.17) is 9.47 Å². The number of hydrogen-bond acceptors (Lipinski definition) is 5. The number of aliphatic carboxylic acids is 1. The highest BCUT2D eigenvalue weighted by molar-refractivity contribution is 5.89. The quantitative estimate of drug-likeness (QED) is 0.395. The van der Waals surface area contributed by atoms with Gasteiger partial charge in [-0.3, -0.25) is 4.79 Å². The molecule has 0 radical (unpaired) electrons. The summed E-state index contributed by atoms with van der Waals surface area (Å²) < 4.78 is 10.5. The van der Waals surface area contributed by atoms with Gasteiger partial charge in [-0.05, 0) is 47.4 Å². The normalized spacial score (nSPS) is 14.1. The number of carboxylic acid groups (broad SMARTS) is 1. The number of carbonyl (C=O) groups is 3. The standard InChI is InChI=1S/C27H34N2O6/c1-17(2)15-24(25(30)28-23(26(31)32)13-8-14-34-3)29-27(33)35-16-22-20-11-6-4-9-18(20)19-10-5-7-12-21(19)22/h4-7,9-12,17,22-24H,8,13-16H2,1-3H3,(H,28,30)(H,29,33)(H,31,32)/t23?,24-/m1/s1. The molecule has 0 bridgehead atoms. The summed E-state index contributed by atoms with van der Waals surface area (Å²) in [5.74, 6) is -1.67. The first kappa shape index (κ1) is 26.2. The molecule has 8 nitrogen and oxygen atoms in total. The van der Waals surface area contributed by atoms with Crippen molar-refractivity contribution in [3.05, 3.63) is 59.7 Å². The van der Waals surface area contributed by atoms with Gasteiger partial charge in [-0.2, -0.15) is 0 Å². The maximum Gasteiger partial charge on any atom is 0.407 e. The van der Waals surface area contributed by atoms with E-state index in [1.165, 1.54) is 7.11 Å². The third kappa shape index (κ3) is 6.82. The number of nitrogens with one attached hydrogen (secondary N) is 2. The van der Waals surface area contributed by atoms with Crippen LogP contribution in [0.1, 0.15) is 50.2 Å². The molecule has 0 saturated heterocycles. The highest BCUT2D eigenvalue weighted by Gasteiger charge is 2.31. The number of carbonyl (C=O) groups excluding carboxylic acids is 2. The average molecular weight is 483 g/mol. The van der Waals surface area contributed by atoms with Crippen LogP contribution in [0, 0.1) is 5.92 Å². The molecule has 2 aromatic rings. The monoisotopic (exact) mass is 482 g/mol. The van der Waals surface area contributed by atoms with E-state index in [9.17, 15) is 19.5 Å². The van der Waals surface area contributed by atoms with Crippen molar-refractivity contribution < 1.29 is 29.0 Å². The zero-order valence-corrected chi connectivity index (χ0v) is 20.5. The van der Waals surface area contributed by atoms with Gasteiger partial charge in [0.15, 0.2) is 0 Å². The molecule has 0 saturated carbocycles. The van der Waals surface area contributed by atoms with E-state index in [-0.39, 0.29) is 24.9 Å². The zero-order valence-electron chi connectivity index (χ0n) is 20.5. The molecule has 3 rings (SSSR count). The van der Waals surface area contributed by atoms with Crippen LogP contribution in [0.25, 0.3) is 11.1 Å². The van der Waals surface area contributed by atoms with E-state index >= 15 is 0 Å². The van der Waals surface area contributed by atoms with E-state index in [2.05, 4.69) is 22.8 Å². The molecule has 0 spiro atoms. The minimum atomic E-state index is -1.13. The second kappa shape index (κ2) is 12.4. The molecule has 35 heavy (non-hydrogen) atoms. The molecule has 8 heteroatoms. The van der Waals surface area contributed by atoms with Gasteiger partial charge in [0, 0.05) is 19.6 Å². The summed E-state index contributed by atoms with van der Waals surface area (Å²) in [7, 11) is 1.53. The predicted molar refractivity (Wildman–Crippen MR) is 132 cm³/mol. The number of hydrogen-bond donors (Lipinski definition) is 3. The van der Waals surface area contributed by atoms with Crippen LogP contribution < -0.4 is 10.6 Å². The Morgan fingerprint density at radius 2 is 1.54 bits per heavy atom. The second-order valence-corrected chi connectivity index (χ2v) is 9.19. The molecule has 2 atom stereocenters. The van der Waals surface area contributed by atoms with Crippen LogP contribution in [-0.2, 0) is 19.1 Å². The van der Waals surface area contributed by atoms with Crippen molar-refractivity contribution in [1.29, 1.82) is 0 Å². The Morgan fingerprint density at radius 1 is 0.943 bits per heavy atom. The number of alkyl carbamates (subject to hydrolysis) is 1. The van der Waals surface area contributed by atoms with Crippen molar-refractivity contribution in [1.82, 2.24) is 10.6 Å². The summed E-state index contributed by atoms with van der Waals surface area (Å²) in [6.07, 6.45) is 0.357. The molecular weight excluding hydrogens is 448 g/mol. The van der Waals surface area contributed by atoms with Crippen LogP contribution in [0.2, 0.25) is 0 Å². The van der Waals surface area contributed by atoms with Crippen molar-refractivity contribution in [2.24, 2.45) is 5.92 Å². The molecule has 0 heterocycles. The topological polar surface area (TPSA) is 114 Å². The maximum atomic E-state index is 12.9. The van der Waals surface area contributed by atoms with Gasteiger partial charge in [-0.1, -0.05) is 62.4 Å². The Hall–Kier alpha value is -3.39. The number of benzene rings is 2. The third-order valence-electron chi connectivity index (χ3n) is 6.12.